The van der Waals surface area contributed by atoms with E-state index in [-0.39, 0.29) is 22.4 Å². The van der Waals surface area contributed by atoms with Crippen LogP contribution in [0.25, 0.3) is 5.59 Å². The van der Waals surface area contributed by atoms with Crippen LogP contribution in [0.1, 0.15) is 0 Å². The van der Waals surface area contributed by atoms with Crippen molar-refractivity contribution in [2.24, 2.45) is 0 Å². The van der Waals surface area contributed by atoms with E-state index >= 15 is 0 Å². The fraction of sp³-hybridized carbons (Fsp3) is 0. The van der Waals surface area contributed by atoms with Crippen molar-refractivity contribution in [2.45, 2.75) is 0 Å². The van der Waals surface area contributed by atoms with Crippen molar-refractivity contribution >= 4 is 0 Å². The van der Waals surface area contributed by atoms with Gasteiger partial charge >= 0.3 is 22.4 Å². The largest absolute Gasteiger partial charge is 1.00 e. The molecule has 6 nitrogen and oxygen atoms in total. The summed E-state index contributed by atoms with van der Waals surface area (Å²) in [6.07, 6.45) is 0. The Bertz CT molecular complexity index is 41.0. The molecule has 0 fully saturated rings. The maximum atomic E-state index is 8.36. The van der Waals surface area contributed by atoms with Gasteiger partial charge in [0.2, 0.25) is 0 Å². The predicted octanol–water partition coefficient (Wildman–Crippen LogP) is -0.0280. The summed E-state index contributed by atoms with van der Waals surface area (Å²) in [6, 6.07) is 0. The third kappa shape index (κ3) is 329. The molecule has 0 aliphatic carbocycles. The zero-order valence-electron chi connectivity index (χ0n) is 2.87. The molecule has 7 heteroatoms. The van der Waals surface area contributed by atoms with Gasteiger partial charge in [-0.2, -0.15) is 0 Å². The smallest absolute Gasteiger partial charge is 0.577 e. The summed E-state index contributed by atoms with van der Waals surface area (Å²) in [5.74, 6) is 0. The van der Waals surface area contributed by atoms with Crippen LogP contribution in [0.3, 0.4) is 0 Å². The maximum Gasteiger partial charge on any atom is 1.00 e. The van der Waals surface area contributed by atoms with Crippen molar-refractivity contribution in [3.63, 3.8) is 0 Å². The van der Waals surface area contributed by atoms with Crippen LogP contribution in [0.4, 0.5) is 0 Å². The molecule has 1 N–H and O–H groups in total. The van der Waals surface area contributed by atoms with E-state index in [1.54, 1.807) is 0 Å². The summed E-state index contributed by atoms with van der Waals surface area (Å²) in [4.78, 5) is 15.6. The molecule has 7 heavy (non-hydrogen) atoms. The van der Waals surface area contributed by atoms with E-state index in [4.69, 9.17) is 25.8 Å². The van der Waals surface area contributed by atoms with E-state index in [1.807, 2.05) is 0 Å². The quantitative estimate of drug-likeness (QED) is 0.384. The Morgan fingerprint density at radius 3 is 1.57 bits per heavy atom. The first-order valence-electron chi connectivity index (χ1n) is 0.748. The Hall–Kier alpha value is -0.460. The van der Waals surface area contributed by atoms with E-state index in [1.165, 1.54) is 0 Å². The van der Waals surface area contributed by atoms with Gasteiger partial charge in [-0.05, 0) is 0 Å². The van der Waals surface area contributed by atoms with Crippen molar-refractivity contribution < 1.29 is 32.7 Å². The van der Waals surface area contributed by atoms with Gasteiger partial charge in [0.1, 0.15) is 0 Å². The van der Waals surface area contributed by atoms with Crippen LogP contribution in [0, 0.1) is 15.0 Å². The van der Waals surface area contributed by atoms with Crippen LogP contribution >= 0.6 is 0 Å². The second-order valence-electron chi connectivity index (χ2n) is 0.238. The van der Waals surface area contributed by atoms with Crippen LogP contribution < -0.4 is 0 Å². The second-order valence-corrected chi connectivity index (χ2v) is 0.238. The molecule has 0 radical (unpaired) electrons. The SMILES string of the molecule is O=[N+]([O-])O.[Au+].[N-]=O. The Labute approximate surface area is 53.9 Å². The van der Waals surface area contributed by atoms with Crippen molar-refractivity contribution in [1.29, 1.82) is 0 Å². The Balaban J connectivity index is -0.0000000480. The molecule has 0 saturated carbocycles. The Kier molecular flexibility index (Phi) is 40.5. The third-order valence-electron chi connectivity index (χ3n) is 0. The fourth-order valence-corrected chi connectivity index (χ4v) is 0. The van der Waals surface area contributed by atoms with E-state index < -0.39 is 5.09 Å². The van der Waals surface area contributed by atoms with Crippen LogP contribution in [-0.4, -0.2) is 10.3 Å². The summed E-state index contributed by atoms with van der Waals surface area (Å²) >= 11 is 0. The molecule has 46 valence electrons. The molecule has 0 atom stereocenters. The minimum absolute atomic E-state index is 0. The molecule has 0 saturated heterocycles. The van der Waals surface area contributed by atoms with Crippen LogP contribution in [0.2, 0.25) is 0 Å². The minimum atomic E-state index is -1.50. The first-order chi connectivity index (χ1) is 2.73. The van der Waals surface area contributed by atoms with E-state index in [0.717, 1.165) is 0 Å². The molecule has 0 aromatic rings. The van der Waals surface area contributed by atoms with Crippen LogP contribution in [0.15, 0.2) is 0 Å². The van der Waals surface area contributed by atoms with Gasteiger partial charge in [-0.3, -0.25) is 0 Å². The molecule has 0 aliphatic heterocycles. The molecule has 0 aromatic heterocycles. The number of rotatable bonds is 0. The summed E-state index contributed by atoms with van der Waals surface area (Å²) < 4.78 is 0. The normalized spacial score (nSPS) is 4.00. The molecular formula is HAuN2O4. The van der Waals surface area contributed by atoms with E-state index in [9.17, 15) is 0 Å². The summed E-state index contributed by atoms with van der Waals surface area (Å²) in [5, 5.41) is 13.6. The molecule has 0 rings (SSSR count). The number of nitroso groups, excluding NO2 is 1. The van der Waals surface area contributed by atoms with Crippen molar-refractivity contribution in [3.05, 3.63) is 20.6 Å². The minimum Gasteiger partial charge on any atom is -0.577 e. The van der Waals surface area contributed by atoms with Crippen molar-refractivity contribution in [1.82, 2.24) is 0 Å². The van der Waals surface area contributed by atoms with Gasteiger partial charge in [0.15, 0.2) is 0 Å². The molecular weight excluding hydrogens is 289 g/mol. The van der Waals surface area contributed by atoms with Gasteiger partial charge in [-0.1, -0.05) is 0 Å². The predicted molar refractivity (Wildman–Crippen MR) is 15.5 cm³/mol. The summed E-state index contributed by atoms with van der Waals surface area (Å²) in [5.41, 5.74) is 5.75. The van der Waals surface area contributed by atoms with Gasteiger partial charge in [0, 0.05) is 0 Å². The first kappa shape index (κ1) is 16.0. The van der Waals surface area contributed by atoms with Gasteiger partial charge in [0.25, 0.3) is 5.09 Å². The average Bonchev–Trinajstić information content (AvgIpc) is 1.41. The molecule has 0 amide bonds. The molecule has 0 bridgehead atoms. The zero-order chi connectivity index (χ0) is 5.58. The van der Waals surface area contributed by atoms with Gasteiger partial charge < -0.3 is 15.7 Å². The molecule has 0 heterocycles. The standard InChI is InChI=1S/Au.HNO3.NO/c;2-1(3)4;1-2/h;(H,2,3,4);/q+1;;-1. The second kappa shape index (κ2) is 17.7. The summed E-state index contributed by atoms with van der Waals surface area (Å²) in [6.45, 7) is 0. The van der Waals surface area contributed by atoms with E-state index in [2.05, 4.69) is 0 Å². The molecule has 0 unspecified atom stereocenters. The fourth-order valence-electron chi connectivity index (χ4n) is 0. The van der Waals surface area contributed by atoms with E-state index in [0.29, 0.717) is 0 Å². The number of nitrogens with zero attached hydrogens (tertiary/aromatic N) is 2. The topological polar surface area (TPSA) is 103 Å². The summed E-state index contributed by atoms with van der Waals surface area (Å²) in [7, 11) is 0. The van der Waals surface area contributed by atoms with Crippen molar-refractivity contribution in [3.8, 4) is 0 Å². The van der Waals surface area contributed by atoms with Crippen molar-refractivity contribution in [2.75, 3.05) is 0 Å². The first-order valence-corrected chi connectivity index (χ1v) is 0.748. The molecule has 0 aromatic carbocycles. The van der Waals surface area contributed by atoms with Gasteiger partial charge in [0.05, 0.1) is 0 Å². The average molecular weight is 290 g/mol. The van der Waals surface area contributed by atoms with Crippen LogP contribution in [-0.2, 0) is 22.4 Å². The zero-order valence-corrected chi connectivity index (χ0v) is 5.03. The molecule has 0 aliphatic rings. The van der Waals surface area contributed by atoms with Gasteiger partial charge in [-0.25, -0.2) is 0 Å². The maximum absolute atomic E-state index is 8.36. The number of hydrogen-bond acceptors (Lipinski definition) is 3. The van der Waals surface area contributed by atoms with Gasteiger partial charge in [-0.15, -0.1) is 10.1 Å². The monoisotopic (exact) mass is 290 g/mol. The van der Waals surface area contributed by atoms with Crippen LogP contribution in [0.5, 0.6) is 0 Å². The molecule has 0 spiro atoms. The third-order valence-corrected chi connectivity index (χ3v) is 0. The Morgan fingerprint density at radius 2 is 1.57 bits per heavy atom. The number of hydrogen-bond donors (Lipinski definition) is 1. The Morgan fingerprint density at radius 1 is 1.57 bits per heavy atom.